The third-order valence-electron chi connectivity index (χ3n) is 3.10. The number of hydrogen-bond acceptors (Lipinski definition) is 5. The monoisotopic (exact) mass is 330 g/mol. The molecule has 2 aromatic rings. The van der Waals surface area contributed by atoms with Gasteiger partial charge >= 0.3 is 0 Å². The zero-order valence-electron chi connectivity index (χ0n) is 13.6. The van der Waals surface area contributed by atoms with Crippen LogP contribution < -0.4 is 5.32 Å². The fraction of sp³-hybridized carbons (Fsp3) is 0.250. The molecule has 0 unspecified atom stereocenters. The van der Waals surface area contributed by atoms with Gasteiger partial charge in [-0.15, -0.1) is 0 Å². The van der Waals surface area contributed by atoms with Crippen molar-refractivity contribution in [3.63, 3.8) is 0 Å². The van der Waals surface area contributed by atoms with Crippen LogP contribution in [0, 0.1) is 0 Å². The molecule has 8 nitrogen and oxygen atoms in total. The van der Waals surface area contributed by atoms with Crippen LogP contribution in [-0.4, -0.2) is 60.2 Å². The van der Waals surface area contributed by atoms with Crippen LogP contribution in [-0.2, 0) is 4.79 Å². The Labute approximate surface area is 139 Å². The summed E-state index contributed by atoms with van der Waals surface area (Å²) in [6.45, 7) is -0.174. The topological polar surface area (TPSA) is 95.8 Å². The molecule has 3 amide bonds. The van der Waals surface area contributed by atoms with Gasteiger partial charge in [0.1, 0.15) is 18.1 Å². The molecule has 0 saturated heterocycles. The molecule has 0 saturated carbocycles. The normalized spacial score (nSPS) is 10.1. The fourth-order valence-electron chi connectivity index (χ4n) is 1.91. The Morgan fingerprint density at radius 1 is 1.08 bits per heavy atom. The van der Waals surface area contributed by atoms with Crippen molar-refractivity contribution in [1.29, 1.82) is 0 Å². The second kappa shape index (κ2) is 7.40. The van der Waals surface area contributed by atoms with Gasteiger partial charge in [-0.3, -0.25) is 14.4 Å². The lowest BCUT2D eigenvalue weighted by atomic mass is 10.3. The number of nitrogens with one attached hydrogen (secondary N) is 1. The highest BCUT2D eigenvalue weighted by atomic mass is 16.3. The molecule has 126 valence electrons. The number of carbonyl (C=O) groups is 3. The molecule has 0 bridgehead atoms. The van der Waals surface area contributed by atoms with E-state index >= 15 is 0 Å². The largest absolute Gasteiger partial charge is 0.459 e. The summed E-state index contributed by atoms with van der Waals surface area (Å²) in [7, 11) is 4.72. The van der Waals surface area contributed by atoms with Crippen LogP contribution in [0.2, 0.25) is 0 Å². The average molecular weight is 330 g/mol. The van der Waals surface area contributed by atoms with Gasteiger partial charge in [-0.2, -0.15) is 0 Å². The number of likely N-dealkylation sites (N-methyl/N-ethyl adjacent to an activating group) is 1. The van der Waals surface area contributed by atoms with Gasteiger partial charge in [-0.1, -0.05) is 6.07 Å². The van der Waals surface area contributed by atoms with E-state index in [1.54, 1.807) is 38.4 Å². The third-order valence-corrected chi connectivity index (χ3v) is 3.10. The highest BCUT2D eigenvalue weighted by Gasteiger charge is 2.18. The average Bonchev–Trinajstić information content (AvgIpc) is 3.07. The summed E-state index contributed by atoms with van der Waals surface area (Å²) < 4.78 is 5.00. The van der Waals surface area contributed by atoms with Gasteiger partial charge in [0, 0.05) is 21.1 Å². The summed E-state index contributed by atoms with van der Waals surface area (Å²) in [5, 5.41) is 2.56. The van der Waals surface area contributed by atoms with E-state index in [2.05, 4.69) is 10.3 Å². The number of anilines is 1. The van der Waals surface area contributed by atoms with E-state index in [1.165, 1.54) is 29.2 Å². The number of hydrogen-bond donors (Lipinski definition) is 1. The van der Waals surface area contributed by atoms with E-state index in [-0.39, 0.29) is 29.7 Å². The Hall–Kier alpha value is -3.16. The van der Waals surface area contributed by atoms with Gasteiger partial charge in [0.25, 0.3) is 11.8 Å². The summed E-state index contributed by atoms with van der Waals surface area (Å²) in [5.41, 5.74) is 0.220. The molecule has 0 spiro atoms. The van der Waals surface area contributed by atoms with Gasteiger partial charge in [-0.25, -0.2) is 4.98 Å². The quantitative estimate of drug-likeness (QED) is 0.885. The second-order valence-electron chi connectivity index (χ2n) is 5.29. The number of nitrogens with zero attached hydrogens (tertiary/aromatic N) is 3. The maximum atomic E-state index is 12.0. The van der Waals surface area contributed by atoms with Crippen LogP contribution in [0.15, 0.2) is 41.0 Å². The van der Waals surface area contributed by atoms with Gasteiger partial charge in [-0.05, 0) is 24.3 Å². The molecular weight excluding hydrogens is 312 g/mol. The van der Waals surface area contributed by atoms with E-state index in [4.69, 9.17) is 4.42 Å². The van der Waals surface area contributed by atoms with Crippen LogP contribution >= 0.6 is 0 Å². The molecule has 0 fully saturated rings. The Morgan fingerprint density at radius 2 is 1.83 bits per heavy atom. The molecule has 0 aliphatic carbocycles. The molecule has 8 heteroatoms. The third kappa shape index (κ3) is 4.19. The molecule has 0 aliphatic heterocycles. The molecule has 0 atom stereocenters. The lowest BCUT2D eigenvalue weighted by Gasteiger charge is -2.15. The van der Waals surface area contributed by atoms with Crippen molar-refractivity contribution >= 4 is 23.5 Å². The predicted molar refractivity (Wildman–Crippen MR) is 86.6 cm³/mol. The van der Waals surface area contributed by atoms with E-state index in [1.807, 2.05) is 0 Å². The summed E-state index contributed by atoms with van der Waals surface area (Å²) in [5.74, 6) is -0.705. The summed E-state index contributed by atoms with van der Waals surface area (Å²) in [6.07, 6.45) is 1.39. The number of furan rings is 1. The molecule has 24 heavy (non-hydrogen) atoms. The van der Waals surface area contributed by atoms with Crippen molar-refractivity contribution in [1.82, 2.24) is 14.8 Å². The van der Waals surface area contributed by atoms with E-state index < -0.39 is 11.8 Å². The van der Waals surface area contributed by atoms with E-state index in [9.17, 15) is 14.4 Å². The van der Waals surface area contributed by atoms with Crippen LogP contribution in [0.5, 0.6) is 0 Å². The molecule has 2 rings (SSSR count). The number of pyridine rings is 1. The van der Waals surface area contributed by atoms with Crippen LogP contribution in [0.1, 0.15) is 21.0 Å². The van der Waals surface area contributed by atoms with Crippen molar-refractivity contribution in [2.45, 2.75) is 0 Å². The predicted octanol–water partition coefficient (Wildman–Crippen LogP) is 1.09. The number of aromatic nitrogens is 1. The van der Waals surface area contributed by atoms with Crippen LogP contribution in [0.3, 0.4) is 0 Å². The van der Waals surface area contributed by atoms with Crippen molar-refractivity contribution in [3.05, 3.63) is 48.0 Å². The Kier molecular flexibility index (Phi) is 5.31. The molecule has 0 aliphatic rings. The Bertz CT molecular complexity index is 740. The van der Waals surface area contributed by atoms with Gasteiger partial charge < -0.3 is 19.5 Å². The molecule has 2 aromatic heterocycles. The molecule has 1 N–H and O–H groups in total. The molecule has 0 aromatic carbocycles. The van der Waals surface area contributed by atoms with Crippen molar-refractivity contribution in [3.8, 4) is 0 Å². The van der Waals surface area contributed by atoms with Crippen molar-refractivity contribution in [2.75, 3.05) is 33.0 Å². The van der Waals surface area contributed by atoms with Crippen molar-refractivity contribution < 1.29 is 18.8 Å². The minimum atomic E-state index is -0.431. The summed E-state index contributed by atoms with van der Waals surface area (Å²) in [4.78, 5) is 42.6. The molecule has 2 heterocycles. The van der Waals surface area contributed by atoms with Gasteiger partial charge in [0.15, 0.2) is 5.76 Å². The van der Waals surface area contributed by atoms with E-state index in [0.717, 1.165) is 0 Å². The Morgan fingerprint density at radius 3 is 2.46 bits per heavy atom. The highest BCUT2D eigenvalue weighted by molar-refractivity contribution is 5.98. The Balaban J connectivity index is 1.98. The maximum Gasteiger partial charge on any atom is 0.289 e. The first-order valence-electron chi connectivity index (χ1n) is 7.16. The standard InChI is InChI=1S/C16H18N4O4/c1-19(2)15(22)11-6-4-8-13(17-11)18-14(21)10-20(3)16(23)12-7-5-9-24-12/h4-9H,10H2,1-3H3,(H,17,18,21). The van der Waals surface area contributed by atoms with Gasteiger partial charge in [0.05, 0.1) is 6.26 Å². The summed E-state index contributed by atoms with van der Waals surface area (Å²) in [6, 6.07) is 7.87. The first-order chi connectivity index (χ1) is 11.4. The lowest BCUT2D eigenvalue weighted by molar-refractivity contribution is -0.116. The number of rotatable bonds is 5. The van der Waals surface area contributed by atoms with Crippen LogP contribution in [0.4, 0.5) is 5.82 Å². The zero-order chi connectivity index (χ0) is 17.7. The minimum absolute atomic E-state index is 0.155. The lowest BCUT2D eigenvalue weighted by Crippen LogP contribution is -2.35. The van der Waals surface area contributed by atoms with Crippen molar-refractivity contribution in [2.24, 2.45) is 0 Å². The highest BCUT2D eigenvalue weighted by Crippen LogP contribution is 2.08. The first kappa shape index (κ1) is 17.2. The molecule has 0 radical (unpaired) electrons. The van der Waals surface area contributed by atoms with E-state index in [0.29, 0.717) is 0 Å². The SMILES string of the molecule is CN(C)C(=O)c1cccc(NC(=O)CN(C)C(=O)c2ccco2)n1. The second-order valence-corrected chi connectivity index (χ2v) is 5.29. The van der Waals surface area contributed by atoms with Gasteiger partial charge in [0.2, 0.25) is 5.91 Å². The zero-order valence-corrected chi connectivity index (χ0v) is 13.6. The molecular formula is C16H18N4O4. The summed E-state index contributed by atoms with van der Waals surface area (Å²) >= 11 is 0. The first-order valence-corrected chi connectivity index (χ1v) is 7.16. The smallest absolute Gasteiger partial charge is 0.289 e. The minimum Gasteiger partial charge on any atom is -0.459 e. The maximum absolute atomic E-state index is 12.0. The fourth-order valence-corrected chi connectivity index (χ4v) is 1.91. The van der Waals surface area contributed by atoms with Crippen LogP contribution in [0.25, 0.3) is 0 Å². The number of amides is 3. The number of carbonyl (C=O) groups excluding carboxylic acids is 3.